The van der Waals surface area contributed by atoms with Crippen LogP contribution in [0.25, 0.3) is 0 Å². The number of amides is 1. The van der Waals surface area contributed by atoms with Crippen molar-refractivity contribution in [3.8, 4) is 0 Å². The zero-order valence-electron chi connectivity index (χ0n) is 11.0. The van der Waals surface area contributed by atoms with E-state index in [0.717, 1.165) is 17.7 Å². The molecule has 0 spiro atoms. The molecule has 0 aromatic carbocycles. The van der Waals surface area contributed by atoms with Gasteiger partial charge in [-0.1, -0.05) is 18.0 Å². The number of carbonyl (C=O) groups excluding carboxylic acids is 1. The molecule has 0 atom stereocenters. The van der Waals surface area contributed by atoms with Crippen LogP contribution in [-0.4, -0.2) is 10.9 Å². The summed E-state index contributed by atoms with van der Waals surface area (Å²) in [6.45, 7) is 0. The molecule has 2 aromatic heterocycles. The van der Waals surface area contributed by atoms with E-state index in [1.807, 2.05) is 6.07 Å². The molecule has 3 rings (SSSR count). The number of anilines is 1. The molecule has 1 aliphatic rings. The number of fused-ring (bicyclic) bond motifs is 1. The van der Waals surface area contributed by atoms with Crippen LogP contribution in [0.15, 0.2) is 24.4 Å². The lowest BCUT2D eigenvalue weighted by molar-refractivity contribution is 0.103. The van der Waals surface area contributed by atoms with Gasteiger partial charge < -0.3 is 5.32 Å². The maximum absolute atomic E-state index is 12.2. The zero-order valence-corrected chi connectivity index (χ0v) is 12.6. The molecule has 5 heteroatoms. The molecule has 0 bridgehead atoms. The van der Waals surface area contributed by atoms with Crippen molar-refractivity contribution in [1.82, 2.24) is 4.98 Å². The molecule has 0 unspecified atom stereocenters. The van der Waals surface area contributed by atoms with Gasteiger partial charge in [0.05, 0.1) is 4.88 Å². The molecule has 20 heavy (non-hydrogen) atoms. The summed E-state index contributed by atoms with van der Waals surface area (Å²) in [7, 11) is 0. The Kier molecular flexibility index (Phi) is 4.03. The van der Waals surface area contributed by atoms with E-state index >= 15 is 0 Å². The van der Waals surface area contributed by atoms with Crippen LogP contribution < -0.4 is 5.32 Å². The summed E-state index contributed by atoms with van der Waals surface area (Å²) in [6.07, 6.45) is 7.51. The average Bonchev–Trinajstić information content (AvgIpc) is 2.70. The first-order valence-corrected chi connectivity index (χ1v) is 7.96. The summed E-state index contributed by atoms with van der Waals surface area (Å²) in [5.74, 6) is 0.393. The molecule has 0 saturated carbocycles. The standard InChI is InChI=1S/C15H15ClN2OS/c16-11-6-7-17-14(9-11)18-15(19)13-8-10-4-2-1-3-5-12(10)20-13/h6-9H,1-5H2,(H,17,18,19). The molecular formula is C15H15ClN2OS. The number of aromatic nitrogens is 1. The van der Waals surface area contributed by atoms with Crippen molar-refractivity contribution in [2.75, 3.05) is 5.32 Å². The van der Waals surface area contributed by atoms with Gasteiger partial charge >= 0.3 is 0 Å². The molecule has 1 N–H and O–H groups in total. The van der Waals surface area contributed by atoms with Crippen LogP contribution >= 0.6 is 22.9 Å². The van der Waals surface area contributed by atoms with Crippen LogP contribution in [0.3, 0.4) is 0 Å². The van der Waals surface area contributed by atoms with E-state index in [1.165, 1.54) is 29.7 Å². The first-order valence-electron chi connectivity index (χ1n) is 6.77. The fourth-order valence-corrected chi connectivity index (χ4v) is 3.74. The summed E-state index contributed by atoms with van der Waals surface area (Å²) in [5, 5.41) is 3.37. The molecule has 1 amide bonds. The third-order valence-electron chi connectivity index (χ3n) is 3.43. The minimum Gasteiger partial charge on any atom is -0.306 e. The first-order chi connectivity index (χ1) is 9.72. The van der Waals surface area contributed by atoms with E-state index in [4.69, 9.17) is 11.6 Å². The van der Waals surface area contributed by atoms with E-state index in [0.29, 0.717) is 10.8 Å². The van der Waals surface area contributed by atoms with Crippen molar-refractivity contribution in [1.29, 1.82) is 0 Å². The Hall–Kier alpha value is -1.39. The first kappa shape index (κ1) is 13.6. The highest BCUT2D eigenvalue weighted by Crippen LogP contribution is 2.29. The van der Waals surface area contributed by atoms with Crippen LogP contribution in [0, 0.1) is 0 Å². The molecule has 0 saturated heterocycles. The van der Waals surface area contributed by atoms with E-state index in [1.54, 1.807) is 29.7 Å². The van der Waals surface area contributed by atoms with Crippen molar-refractivity contribution in [3.63, 3.8) is 0 Å². The lowest BCUT2D eigenvalue weighted by atomic mass is 10.1. The van der Waals surface area contributed by atoms with Crippen LogP contribution in [-0.2, 0) is 12.8 Å². The molecule has 104 valence electrons. The minimum absolute atomic E-state index is 0.0992. The van der Waals surface area contributed by atoms with Gasteiger partial charge in [0.2, 0.25) is 0 Å². The molecule has 2 aromatic rings. The predicted octanol–water partition coefficient (Wildman–Crippen LogP) is 4.32. The van der Waals surface area contributed by atoms with E-state index < -0.39 is 0 Å². The number of rotatable bonds is 2. The lowest BCUT2D eigenvalue weighted by Crippen LogP contribution is -2.11. The summed E-state index contributed by atoms with van der Waals surface area (Å²) in [5.41, 5.74) is 1.34. The number of pyridine rings is 1. The Morgan fingerprint density at radius 3 is 2.95 bits per heavy atom. The smallest absolute Gasteiger partial charge is 0.266 e. The highest BCUT2D eigenvalue weighted by molar-refractivity contribution is 7.14. The summed E-state index contributed by atoms with van der Waals surface area (Å²) >= 11 is 7.49. The van der Waals surface area contributed by atoms with Gasteiger partial charge in [-0.05, 0) is 49.4 Å². The molecule has 3 nitrogen and oxygen atoms in total. The van der Waals surface area contributed by atoms with Crippen molar-refractivity contribution >= 4 is 34.7 Å². The number of halogens is 1. The van der Waals surface area contributed by atoms with Gasteiger partial charge in [0.15, 0.2) is 0 Å². The zero-order chi connectivity index (χ0) is 13.9. The number of hydrogen-bond donors (Lipinski definition) is 1. The highest BCUT2D eigenvalue weighted by atomic mass is 35.5. The number of nitrogens with zero attached hydrogens (tertiary/aromatic N) is 1. The van der Waals surface area contributed by atoms with Gasteiger partial charge in [0.1, 0.15) is 5.82 Å². The third kappa shape index (κ3) is 3.02. The van der Waals surface area contributed by atoms with Crippen LogP contribution in [0.1, 0.15) is 39.4 Å². The summed E-state index contributed by atoms with van der Waals surface area (Å²) < 4.78 is 0. The molecule has 2 heterocycles. The minimum atomic E-state index is -0.0992. The third-order valence-corrected chi connectivity index (χ3v) is 4.90. The largest absolute Gasteiger partial charge is 0.306 e. The van der Waals surface area contributed by atoms with Crippen LogP contribution in [0.5, 0.6) is 0 Å². The average molecular weight is 307 g/mol. The topological polar surface area (TPSA) is 42.0 Å². The van der Waals surface area contributed by atoms with E-state index in [9.17, 15) is 4.79 Å². The van der Waals surface area contributed by atoms with Gasteiger partial charge in [-0.3, -0.25) is 4.79 Å². The number of nitrogens with one attached hydrogen (secondary N) is 1. The normalized spacial score (nSPS) is 14.4. The van der Waals surface area contributed by atoms with E-state index in [2.05, 4.69) is 10.3 Å². The monoisotopic (exact) mass is 306 g/mol. The lowest BCUT2D eigenvalue weighted by Gasteiger charge is -2.02. The van der Waals surface area contributed by atoms with Gasteiger partial charge in [-0.25, -0.2) is 4.98 Å². The molecule has 0 radical (unpaired) electrons. The summed E-state index contributed by atoms with van der Waals surface area (Å²) in [6, 6.07) is 5.37. The van der Waals surface area contributed by atoms with Gasteiger partial charge in [-0.15, -0.1) is 11.3 Å². The quantitative estimate of drug-likeness (QED) is 0.840. The second-order valence-corrected chi connectivity index (χ2v) is 6.51. The van der Waals surface area contributed by atoms with Crippen molar-refractivity contribution in [2.45, 2.75) is 32.1 Å². The number of hydrogen-bond acceptors (Lipinski definition) is 3. The second kappa shape index (κ2) is 5.94. The van der Waals surface area contributed by atoms with Gasteiger partial charge in [0, 0.05) is 16.1 Å². The molecule has 0 fully saturated rings. The Morgan fingerprint density at radius 1 is 1.25 bits per heavy atom. The Balaban J connectivity index is 1.77. The van der Waals surface area contributed by atoms with Crippen molar-refractivity contribution < 1.29 is 4.79 Å². The maximum Gasteiger partial charge on any atom is 0.266 e. The second-order valence-electron chi connectivity index (χ2n) is 4.93. The maximum atomic E-state index is 12.2. The highest BCUT2D eigenvalue weighted by Gasteiger charge is 2.16. The fourth-order valence-electron chi connectivity index (χ4n) is 2.43. The van der Waals surface area contributed by atoms with Crippen molar-refractivity contribution in [3.05, 3.63) is 44.7 Å². The van der Waals surface area contributed by atoms with Gasteiger partial charge in [-0.2, -0.15) is 0 Å². The van der Waals surface area contributed by atoms with Crippen LogP contribution in [0.2, 0.25) is 5.02 Å². The Morgan fingerprint density at radius 2 is 2.10 bits per heavy atom. The fraction of sp³-hybridized carbons (Fsp3) is 0.333. The number of aryl methyl sites for hydroxylation is 2. The Bertz CT molecular complexity index is 615. The predicted molar refractivity (Wildman–Crippen MR) is 82.8 cm³/mol. The molecule has 0 aliphatic heterocycles. The van der Waals surface area contributed by atoms with Gasteiger partial charge in [0.25, 0.3) is 5.91 Å². The Labute approximate surface area is 127 Å². The van der Waals surface area contributed by atoms with Crippen LogP contribution in [0.4, 0.5) is 5.82 Å². The molecule has 1 aliphatic carbocycles. The van der Waals surface area contributed by atoms with E-state index in [-0.39, 0.29) is 5.91 Å². The van der Waals surface area contributed by atoms with Crippen molar-refractivity contribution in [2.24, 2.45) is 0 Å². The number of thiophene rings is 1. The number of carbonyl (C=O) groups is 1. The summed E-state index contributed by atoms with van der Waals surface area (Å²) in [4.78, 5) is 18.5. The SMILES string of the molecule is O=C(Nc1cc(Cl)ccn1)c1cc2c(s1)CCCCC2. The molecular weight excluding hydrogens is 292 g/mol.